The van der Waals surface area contributed by atoms with Crippen molar-refractivity contribution in [2.75, 3.05) is 26.2 Å². The zero-order valence-electron chi connectivity index (χ0n) is 15.1. The molecule has 1 amide bonds. The molecular formula is C21H29N3O. The van der Waals surface area contributed by atoms with Gasteiger partial charge < -0.3 is 9.47 Å². The van der Waals surface area contributed by atoms with Gasteiger partial charge in [-0.15, -0.1) is 0 Å². The number of hydrogen-bond donors (Lipinski definition) is 0. The summed E-state index contributed by atoms with van der Waals surface area (Å²) in [4.78, 5) is 17.0. The highest BCUT2D eigenvalue weighted by molar-refractivity contribution is 5.85. The lowest BCUT2D eigenvalue weighted by atomic mass is 10.1. The van der Waals surface area contributed by atoms with Gasteiger partial charge in [-0.25, -0.2) is 0 Å². The highest BCUT2D eigenvalue weighted by atomic mass is 16.2. The zero-order chi connectivity index (χ0) is 17.1. The van der Waals surface area contributed by atoms with E-state index < -0.39 is 0 Å². The fourth-order valence-corrected chi connectivity index (χ4v) is 4.32. The maximum absolute atomic E-state index is 12.4. The van der Waals surface area contributed by atoms with Crippen molar-refractivity contribution in [3.63, 3.8) is 0 Å². The van der Waals surface area contributed by atoms with E-state index in [9.17, 15) is 4.79 Å². The SMILES string of the molecule is O=C(CCc1cn(CN2CCCCC2)c2ccccc12)N1CCCC1. The lowest BCUT2D eigenvalue weighted by molar-refractivity contribution is -0.130. The van der Waals surface area contributed by atoms with Crippen LogP contribution in [0.5, 0.6) is 0 Å². The van der Waals surface area contributed by atoms with Crippen molar-refractivity contribution in [1.29, 1.82) is 0 Å². The van der Waals surface area contributed by atoms with Crippen molar-refractivity contribution < 1.29 is 4.79 Å². The molecule has 1 aromatic carbocycles. The molecule has 0 atom stereocenters. The Bertz CT molecular complexity index is 724. The predicted octanol–water partition coefficient (Wildman–Crippen LogP) is 3.64. The Hall–Kier alpha value is -1.81. The number of aryl methyl sites for hydroxylation is 1. The monoisotopic (exact) mass is 339 g/mol. The average Bonchev–Trinajstić information content (AvgIpc) is 3.30. The van der Waals surface area contributed by atoms with Crippen LogP contribution in [0.2, 0.25) is 0 Å². The van der Waals surface area contributed by atoms with Crippen LogP contribution in [0.1, 0.15) is 44.1 Å². The van der Waals surface area contributed by atoms with Gasteiger partial charge in [0.25, 0.3) is 0 Å². The topological polar surface area (TPSA) is 28.5 Å². The first-order valence-electron chi connectivity index (χ1n) is 9.88. The van der Waals surface area contributed by atoms with E-state index in [1.54, 1.807) is 0 Å². The molecule has 0 unspecified atom stereocenters. The number of carbonyl (C=O) groups is 1. The third-order valence-corrected chi connectivity index (χ3v) is 5.74. The molecule has 2 aromatic rings. The quantitative estimate of drug-likeness (QED) is 0.832. The Labute approximate surface area is 150 Å². The Kier molecular flexibility index (Phi) is 5.07. The van der Waals surface area contributed by atoms with Crippen LogP contribution in [0.25, 0.3) is 10.9 Å². The van der Waals surface area contributed by atoms with Gasteiger partial charge in [0.05, 0.1) is 6.67 Å². The molecule has 1 aromatic heterocycles. The molecule has 2 aliphatic heterocycles. The van der Waals surface area contributed by atoms with E-state index in [0.29, 0.717) is 12.3 Å². The molecule has 4 nitrogen and oxygen atoms in total. The van der Waals surface area contributed by atoms with Crippen molar-refractivity contribution in [1.82, 2.24) is 14.4 Å². The molecule has 3 heterocycles. The highest BCUT2D eigenvalue weighted by Crippen LogP contribution is 2.24. The van der Waals surface area contributed by atoms with E-state index in [1.807, 2.05) is 4.90 Å². The lowest BCUT2D eigenvalue weighted by Gasteiger charge is -2.27. The van der Waals surface area contributed by atoms with Gasteiger partial charge in [-0.1, -0.05) is 24.6 Å². The molecule has 0 bridgehead atoms. The predicted molar refractivity (Wildman–Crippen MR) is 101 cm³/mol. The lowest BCUT2D eigenvalue weighted by Crippen LogP contribution is -2.31. The first-order valence-corrected chi connectivity index (χ1v) is 9.88. The summed E-state index contributed by atoms with van der Waals surface area (Å²) in [6, 6.07) is 8.65. The van der Waals surface area contributed by atoms with Crippen molar-refractivity contribution in [2.24, 2.45) is 0 Å². The number of benzene rings is 1. The Morgan fingerprint density at radius 2 is 1.64 bits per heavy atom. The second-order valence-electron chi connectivity index (χ2n) is 7.55. The first kappa shape index (κ1) is 16.6. The molecule has 4 rings (SSSR count). The molecule has 2 aliphatic rings. The number of hydrogen-bond acceptors (Lipinski definition) is 2. The number of aromatic nitrogens is 1. The molecule has 0 aliphatic carbocycles. The van der Waals surface area contributed by atoms with Crippen molar-refractivity contribution >= 4 is 16.8 Å². The Balaban J connectivity index is 1.49. The largest absolute Gasteiger partial charge is 0.343 e. The minimum Gasteiger partial charge on any atom is -0.343 e. The summed E-state index contributed by atoms with van der Waals surface area (Å²) in [5.74, 6) is 0.324. The Morgan fingerprint density at radius 3 is 2.44 bits per heavy atom. The van der Waals surface area contributed by atoms with E-state index >= 15 is 0 Å². The molecule has 4 heteroatoms. The van der Waals surface area contributed by atoms with Gasteiger partial charge in [0.2, 0.25) is 5.91 Å². The fraction of sp³-hybridized carbons (Fsp3) is 0.571. The van der Waals surface area contributed by atoms with Crippen LogP contribution in [0, 0.1) is 0 Å². The zero-order valence-corrected chi connectivity index (χ0v) is 15.1. The summed E-state index contributed by atoms with van der Waals surface area (Å²) in [5, 5.41) is 1.31. The normalized spacial score (nSPS) is 19.0. The summed E-state index contributed by atoms with van der Waals surface area (Å²) >= 11 is 0. The molecular weight excluding hydrogens is 310 g/mol. The number of nitrogens with zero attached hydrogens (tertiary/aromatic N) is 3. The molecule has 0 N–H and O–H groups in total. The summed E-state index contributed by atoms with van der Waals surface area (Å²) in [7, 11) is 0. The van der Waals surface area contributed by atoms with E-state index in [1.165, 1.54) is 61.7 Å². The Morgan fingerprint density at radius 1 is 0.920 bits per heavy atom. The number of likely N-dealkylation sites (tertiary alicyclic amines) is 2. The third kappa shape index (κ3) is 3.74. The summed E-state index contributed by atoms with van der Waals surface area (Å²) in [5.41, 5.74) is 2.62. The number of rotatable bonds is 5. The van der Waals surface area contributed by atoms with Crippen LogP contribution in [-0.2, 0) is 17.9 Å². The maximum Gasteiger partial charge on any atom is 0.222 e. The molecule has 0 saturated carbocycles. The summed E-state index contributed by atoms with van der Waals surface area (Å²) in [6.07, 6.45) is 10.1. The molecule has 0 radical (unpaired) electrons. The van der Waals surface area contributed by atoms with Gasteiger partial charge in [0.15, 0.2) is 0 Å². The number of amides is 1. The summed E-state index contributed by atoms with van der Waals surface area (Å²) in [6.45, 7) is 5.29. The van der Waals surface area contributed by atoms with Gasteiger partial charge in [-0.3, -0.25) is 9.69 Å². The minimum atomic E-state index is 0.324. The molecule has 134 valence electrons. The van der Waals surface area contributed by atoms with Gasteiger partial charge in [0.1, 0.15) is 0 Å². The molecule has 2 saturated heterocycles. The highest BCUT2D eigenvalue weighted by Gasteiger charge is 2.19. The second-order valence-corrected chi connectivity index (χ2v) is 7.55. The number of para-hydroxylation sites is 1. The van der Waals surface area contributed by atoms with E-state index in [-0.39, 0.29) is 0 Å². The minimum absolute atomic E-state index is 0.324. The second kappa shape index (κ2) is 7.61. The standard InChI is InChI=1S/C21H29N3O/c25-21(23-14-6-7-15-23)11-10-18-16-24(17-22-12-4-1-5-13-22)20-9-3-2-8-19(18)20/h2-3,8-9,16H,1,4-7,10-15,17H2. The number of carbonyl (C=O) groups excluding carboxylic acids is 1. The van der Waals surface area contributed by atoms with Crippen LogP contribution in [0.4, 0.5) is 0 Å². The third-order valence-electron chi connectivity index (χ3n) is 5.74. The van der Waals surface area contributed by atoms with Crippen molar-refractivity contribution in [3.8, 4) is 0 Å². The number of fused-ring (bicyclic) bond motifs is 1. The van der Waals surface area contributed by atoms with Crippen LogP contribution >= 0.6 is 0 Å². The molecule has 0 spiro atoms. The van der Waals surface area contributed by atoms with E-state index in [2.05, 4.69) is 39.9 Å². The number of piperidine rings is 1. The van der Waals surface area contributed by atoms with Crippen LogP contribution in [0.3, 0.4) is 0 Å². The van der Waals surface area contributed by atoms with Gasteiger partial charge in [-0.2, -0.15) is 0 Å². The van der Waals surface area contributed by atoms with E-state index in [0.717, 1.165) is 26.2 Å². The molecule has 25 heavy (non-hydrogen) atoms. The smallest absolute Gasteiger partial charge is 0.222 e. The first-order chi connectivity index (χ1) is 12.3. The van der Waals surface area contributed by atoms with Gasteiger partial charge in [0, 0.05) is 36.6 Å². The van der Waals surface area contributed by atoms with Crippen molar-refractivity contribution in [2.45, 2.75) is 51.6 Å². The van der Waals surface area contributed by atoms with Gasteiger partial charge in [-0.05, 0) is 56.8 Å². The van der Waals surface area contributed by atoms with Crippen molar-refractivity contribution in [3.05, 3.63) is 36.0 Å². The van der Waals surface area contributed by atoms with Crippen LogP contribution in [-0.4, -0.2) is 46.5 Å². The molecule has 2 fully saturated rings. The maximum atomic E-state index is 12.4. The average molecular weight is 339 g/mol. The van der Waals surface area contributed by atoms with Crippen LogP contribution < -0.4 is 0 Å². The summed E-state index contributed by atoms with van der Waals surface area (Å²) < 4.78 is 2.39. The van der Waals surface area contributed by atoms with Gasteiger partial charge >= 0.3 is 0 Å². The fourth-order valence-electron chi connectivity index (χ4n) is 4.32. The van der Waals surface area contributed by atoms with E-state index in [4.69, 9.17) is 0 Å². The van der Waals surface area contributed by atoms with Crippen LogP contribution in [0.15, 0.2) is 30.5 Å².